The highest BCUT2D eigenvalue weighted by atomic mass is 16.6. The number of unbranched alkanes of at least 4 members (excludes halogenated alkanes) is 1. The molecule has 3 nitrogen and oxygen atoms in total. The summed E-state index contributed by atoms with van der Waals surface area (Å²) in [7, 11) is 0. The molecule has 2 aliphatic rings. The summed E-state index contributed by atoms with van der Waals surface area (Å²) in [6.07, 6.45) is 5.85. The van der Waals surface area contributed by atoms with Gasteiger partial charge in [-0.3, -0.25) is 0 Å². The SMILES string of the molecule is CCCCC12CC1CCN2C(=O)OC(C)(C)C. The highest BCUT2D eigenvalue weighted by Gasteiger charge is 2.63. The van der Waals surface area contributed by atoms with Crippen molar-refractivity contribution < 1.29 is 9.53 Å². The Morgan fingerprint density at radius 1 is 1.47 bits per heavy atom. The summed E-state index contributed by atoms with van der Waals surface area (Å²) in [5.41, 5.74) is -0.200. The van der Waals surface area contributed by atoms with E-state index in [1.54, 1.807) is 0 Å². The number of piperidine rings is 1. The third kappa shape index (κ3) is 2.43. The summed E-state index contributed by atoms with van der Waals surface area (Å²) in [6, 6.07) is 0. The Hall–Kier alpha value is -0.730. The van der Waals surface area contributed by atoms with E-state index in [-0.39, 0.29) is 17.2 Å². The predicted octanol–water partition coefficient (Wildman–Crippen LogP) is 3.58. The fourth-order valence-corrected chi connectivity index (χ4v) is 3.09. The van der Waals surface area contributed by atoms with Crippen molar-refractivity contribution in [2.75, 3.05) is 6.54 Å². The van der Waals surface area contributed by atoms with Crippen LogP contribution in [-0.4, -0.2) is 28.7 Å². The molecule has 1 saturated heterocycles. The molecule has 1 aliphatic heterocycles. The molecule has 2 rings (SSSR count). The first kappa shape index (κ1) is 12.7. The van der Waals surface area contributed by atoms with Gasteiger partial charge in [-0.15, -0.1) is 0 Å². The molecule has 3 heteroatoms. The zero-order valence-electron chi connectivity index (χ0n) is 11.6. The van der Waals surface area contributed by atoms with Gasteiger partial charge in [0.15, 0.2) is 0 Å². The maximum atomic E-state index is 12.2. The number of nitrogens with zero attached hydrogens (tertiary/aromatic N) is 1. The number of likely N-dealkylation sites (tertiary alicyclic amines) is 1. The number of amides is 1. The van der Waals surface area contributed by atoms with E-state index in [1.165, 1.54) is 25.7 Å². The number of ether oxygens (including phenoxy) is 1. The van der Waals surface area contributed by atoms with Crippen molar-refractivity contribution in [2.24, 2.45) is 5.92 Å². The summed E-state index contributed by atoms with van der Waals surface area (Å²) >= 11 is 0. The van der Waals surface area contributed by atoms with Gasteiger partial charge in [0.2, 0.25) is 0 Å². The Balaban J connectivity index is 1.98. The van der Waals surface area contributed by atoms with Gasteiger partial charge in [-0.2, -0.15) is 0 Å². The molecule has 0 aromatic rings. The number of hydrogen-bond donors (Lipinski definition) is 0. The molecule has 0 spiro atoms. The van der Waals surface area contributed by atoms with Crippen molar-refractivity contribution in [1.29, 1.82) is 0 Å². The van der Waals surface area contributed by atoms with Gasteiger partial charge < -0.3 is 9.64 Å². The summed E-state index contributed by atoms with van der Waals surface area (Å²) in [5.74, 6) is 0.751. The predicted molar refractivity (Wildman–Crippen MR) is 67.9 cm³/mol. The highest BCUT2D eigenvalue weighted by molar-refractivity contribution is 5.70. The van der Waals surface area contributed by atoms with Gasteiger partial charge in [0.1, 0.15) is 5.60 Å². The lowest BCUT2D eigenvalue weighted by molar-refractivity contribution is 0.0164. The average molecular weight is 239 g/mol. The number of rotatable bonds is 3. The van der Waals surface area contributed by atoms with Crippen molar-refractivity contribution in [1.82, 2.24) is 4.90 Å². The van der Waals surface area contributed by atoms with Crippen LogP contribution in [0.3, 0.4) is 0 Å². The van der Waals surface area contributed by atoms with Gasteiger partial charge in [0, 0.05) is 12.1 Å². The van der Waals surface area contributed by atoms with Crippen LogP contribution in [0.15, 0.2) is 0 Å². The first-order valence-electron chi connectivity index (χ1n) is 6.90. The molecule has 0 radical (unpaired) electrons. The number of hydrogen-bond acceptors (Lipinski definition) is 2. The summed E-state index contributed by atoms with van der Waals surface area (Å²) < 4.78 is 5.51. The fraction of sp³-hybridized carbons (Fsp3) is 0.929. The third-order valence-electron chi connectivity index (χ3n) is 4.02. The van der Waals surface area contributed by atoms with E-state index in [4.69, 9.17) is 4.74 Å². The number of carbonyl (C=O) groups excluding carboxylic acids is 1. The van der Waals surface area contributed by atoms with Gasteiger partial charge >= 0.3 is 6.09 Å². The van der Waals surface area contributed by atoms with Crippen molar-refractivity contribution >= 4 is 6.09 Å². The Morgan fingerprint density at radius 2 is 2.18 bits per heavy atom. The molecule has 0 bridgehead atoms. The molecular formula is C14H25NO2. The van der Waals surface area contributed by atoms with Gasteiger partial charge in [-0.05, 0) is 46.0 Å². The first-order valence-corrected chi connectivity index (χ1v) is 6.90. The largest absolute Gasteiger partial charge is 0.444 e. The molecule has 0 aromatic carbocycles. The third-order valence-corrected chi connectivity index (χ3v) is 4.02. The van der Waals surface area contributed by atoms with E-state index in [1.807, 2.05) is 25.7 Å². The lowest BCUT2D eigenvalue weighted by atomic mass is 10.1. The van der Waals surface area contributed by atoms with Gasteiger partial charge in [0.05, 0.1) is 0 Å². The van der Waals surface area contributed by atoms with Crippen LogP contribution in [0.5, 0.6) is 0 Å². The number of carbonyl (C=O) groups is 1. The Labute approximate surface area is 105 Å². The Morgan fingerprint density at radius 3 is 2.71 bits per heavy atom. The smallest absolute Gasteiger partial charge is 0.410 e. The lowest BCUT2D eigenvalue weighted by Crippen LogP contribution is -2.43. The molecule has 2 atom stereocenters. The van der Waals surface area contributed by atoms with Crippen LogP contribution >= 0.6 is 0 Å². The lowest BCUT2D eigenvalue weighted by Gasteiger charge is -2.31. The van der Waals surface area contributed by atoms with Crippen LogP contribution in [-0.2, 0) is 4.74 Å². The molecular weight excluding hydrogens is 214 g/mol. The second-order valence-electron chi connectivity index (χ2n) is 6.53. The number of fused-ring (bicyclic) bond motifs is 1. The van der Waals surface area contributed by atoms with E-state index in [9.17, 15) is 4.79 Å². The molecule has 0 aromatic heterocycles. The molecule has 0 N–H and O–H groups in total. The zero-order valence-corrected chi connectivity index (χ0v) is 11.6. The van der Waals surface area contributed by atoms with Crippen LogP contribution in [0.1, 0.15) is 59.8 Å². The summed E-state index contributed by atoms with van der Waals surface area (Å²) in [6.45, 7) is 8.91. The van der Waals surface area contributed by atoms with Gasteiger partial charge in [-0.25, -0.2) is 4.79 Å². The van der Waals surface area contributed by atoms with Crippen LogP contribution in [0.2, 0.25) is 0 Å². The minimum absolute atomic E-state index is 0.103. The van der Waals surface area contributed by atoms with E-state index in [2.05, 4.69) is 6.92 Å². The van der Waals surface area contributed by atoms with Crippen LogP contribution in [0, 0.1) is 5.92 Å². The zero-order chi connectivity index (χ0) is 12.7. The molecule has 98 valence electrons. The van der Waals surface area contributed by atoms with E-state index in [0.717, 1.165) is 18.9 Å². The van der Waals surface area contributed by atoms with Crippen LogP contribution in [0.25, 0.3) is 0 Å². The van der Waals surface area contributed by atoms with E-state index < -0.39 is 0 Å². The van der Waals surface area contributed by atoms with Crippen LogP contribution < -0.4 is 0 Å². The highest BCUT2D eigenvalue weighted by Crippen LogP contribution is 2.58. The maximum absolute atomic E-state index is 12.2. The van der Waals surface area contributed by atoms with Gasteiger partial charge in [-0.1, -0.05) is 19.8 Å². The van der Waals surface area contributed by atoms with Crippen molar-refractivity contribution in [3.8, 4) is 0 Å². The molecule has 2 fully saturated rings. The normalized spacial score (nSPS) is 31.3. The van der Waals surface area contributed by atoms with E-state index in [0.29, 0.717) is 0 Å². The maximum Gasteiger partial charge on any atom is 0.410 e. The fourth-order valence-electron chi connectivity index (χ4n) is 3.09. The molecule has 17 heavy (non-hydrogen) atoms. The quantitative estimate of drug-likeness (QED) is 0.753. The minimum atomic E-state index is -0.379. The monoisotopic (exact) mass is 239 g/mol. The van der Waals surface area contributed by atoms with Crippen molar-refractivity contribution in [3.63, 3.8) is 0 Å². The minimum Gasteiger partial charge on any atom is -0.444 e. The summed E-state index contributed by atoms with van der Waals surface area (Å²) in [5, 5.41) is 0. The van der Waals surface area contributed by atoms with Crippen LogP contribution in [0.4, 0.5) is 4.79 Å². The average Bonchev–Trinajstić information content (AvgIpc) is 2.79. The molecule has 1 amide bonds. The second kappa shape index (κ2) is 4.18. The van der Waals surface area contributed by atoms with Crippen molar-refractivity contribution in [3.05, 3.63) is 0 Å². The molecule has 2 unspecified atom stereocenters. The van der Waals surface area contributed by atoms with E-state index >= 15 is 0 Å². The summed E-state index contributed by atoms with van der Waals surface area (Å²) in [4.78, 5) is 14.2. The van der Waals surface area contributed by atoms with Gasteiger partial charge in [0.25, 0.3) is 0 Å². The second-order valence-corrected chi connectivity index (χ2v) is 6.53. The first-order chi connectivity index (χ1) is 7.89. The topological polar surface area (TPSA) is 29.5 Å². The Kier molecular flexibility index (Phi) is 3.13. The molecule has 1 aliphatic carbocycles. The standard InChI is InChI=1S/C14H25NO2/c1-5-6-8-14-10-11(14)7-9-15(14)12(16)17-13(2,3)4/h11H,5-10H2,1-4H3. The Bertz CT molecular complexity index is 308. The molecule has 1 heterocycles. The van der Waals surface area contributed by atoms with Crippen molar-refractivity contribution in [2.45, 2.75) is 70.9 Å². The molecule has 1 saturated carbocycles.